The molecular formula is C42H36N2. The Labute approximate surface area is 260 Å². The average molecular weight is 569 g/mol. The molecule has 0 unspecified atom stereocenters. The van der Waals surface area contributed by atoms with Gasteiger partial charge in [0, 0.05) is 22.7 Å². The summed E-state index contributed by atoms with van der Waals surface area (Å²) in [5, 5.41) is 2.35. The van der Waals surface area contributed by atoms with Gasteiger partial charge in [0.15, 0.2) is 0 Å². The summed E-state index contributed by atoms with van der Waals surface area (Å²) < 4.78 is 0. The van der Waals surface area contributed by atoms with Crippen molar-refractivity contribution in [2.24, 2.45) is 0 Å². The summed E-state index contributed by atoms with van der Waals surface area (Å²) >= 11 is 0. The highest BCUT2D eigenvalue weighted by Crippen LogP contribution is 2.36. The third-order valence-electron chi connectivity index (χ3n) is 8.81. The second-order valence-electron chi connectivity index (χ2n) is 11.5. The summed E-state index contributed by atoms with van der Waals surface area (Å²) in [5.74, 6) is 0. The van der Waals surface area contributed by atoms with Crippen LogP contribution < -0.4 is 0 Å². The van der Waals surface area contributed by atoms with E-state index in [0.717, 1.165) is 47.8 Å². The molecule has 0 spiro atoms. The van der Waals surface area contributed by atoms with Gasteiger partial charge in [0.25, 0.3) is 0 Å². The molecule has 7 aromatic rings. The average Bonchev–Trinajstić information content (AvgIpc) is 3.67. The predicted molar refractivity (Wildman–Crippen MR) is 185 cm³/mol. The Morgan fingerprint density at radius 2 is 0.932 bits per heavy atom. The van der Waals surface area contributed by atoms with Crippen molar-refractivity contribution in [3.05, 3.63) is 167 Å². The largest absolute Gasteiger partial charge is 0.254 e. The first-order chi connectivity index (χ1) is 21.7. The van der Waals surface area contributed by atoms with E-state index in [1.165, 1.54) is 55.5 Å². The van der Waals surface area contributed by atoms with Crippen LogP contribution in [0.5, 0.6) is 0 Å². The van der Waals surface area contributed by atoms with Crippen LogP contribution in [-0.2, 0) is 25.7 Å². The van der Waals surface area contributed by atoms with E-state index in [4.69, 9.17) is 4.98 Å². The fraction of sp³-hybridized carbons (Fsp3) is 0.143. The summed E-state index contributed by atoms with van der Waals surface area (Å²) in [6, 6.07) is 45.3. The van der Waals surface area contributed by atoms with Gasteiger partial charge in [-0.25, -0.2) is 0 Å². The summed E-state index contributed by atoms with van der Waals surface area (Å²) in [5.41, 5.74) is 15.9. The Morgan fingerprint density at radius 1 is 0.477 bits per heavy atom. The minimum Gasteiger partial charge on any atom is -0.254 e. The van der Waals surface area contributed by atoms with Gasteiger partial charge in [0.2, 0.25) is 0 Å². The number of hydrogen-bond donors (Lipinski definition) is 0. The van der Waals surface area contributed by atoms with Crippen molar-refractivity contribution >= 4 is 21.8 Å². The van der Waals surface area contributed by atoms with Crippen molar-refractivity contribution in [1.29, 1.82) is 0 Å². The second-order valence-corrected chi connectivity index (χ2v) is 11.5. The maximum Gasteiger partial charge on any atom is 0.0967 e. The topological polar surface area (TPSA) is 25.8 Å². The fourth-order valence-corrected chi connectivity index (χ4v) is 6.42. The Balaban J connectivity index is 0.000000109. The van der Waals surface area contributed by atoms with Crippen molar-refractivity contribution in [3.8, 4) is 22.3 Å². The Hall–Kier alpha value is -5.08. The molecule has 0 saturated heterocycles. The molecule has 0 radical (unpaired) electrons. The number of benzene rings is 5. The standard InChI is InChI=1S/C16H16N2.2C13H10/c1-3-11-9-13-6-5-12-7-8-14(4-2)18-16(12)15(13)17-10-11;2*1-3-7-12-10(5-1)9-11-6-2-4-8-13(11)12/h5-10H,3-4H2,1-2H3;2*1-8H,9H2. The van der Waals surface area contributed by atoms with E-state index in [1.54, 1.807) is 0 Å². The van der Waals surface area contributed by atoms with Gasteiger partial charge in [-0.1, -0.05) is 129 Å². The number of aryl methyl sites for hydroxylation is 2. The zero-order valence-corrected chi connectivity index (χ0v) is 25.4. The maximum absolute atomic E-state index is 4.71. The monoisotopic (exact) mass is 568 g/mol. The first-order valence-electron chi connectivity index (χ1n) is 15.7. The van der Waals surface area contributed by atoms with Gasteiger partial charge in [-0.3, -0.25) is 9.97 Å². The molecule has 2 nitrogen and oxygen atoms in total. The molecule has 2 heteroatoms. The smallest absolute Gasteiger partial charge is 0.0967 e. The number of fused-ring (bicyclic) bond motifs is 9. The maximum atomic E-state index is 4.71. The molecule has 5 aromatic carbocycles. The molecule has 214 valence electrons. The van der Waals surface area contributed by atoms with Crippen LogP contribution in [0.4, 0.5) is 0 Å². The lowest BCUT2D eigenvalue weighted by Gasteiger charge is -2.05. The molecule has 0 amide bonds. The van der Waals surface area contributed by atoms with Gasteiger partial charge in [0.05, 0.1) is 11.0 Å². The van der Waals surface area contributed by atoms with Crippen molar-refractivity contribution in [3.63, 3.8) is 0 Å². The number of aromatic nitrogens is 2. The van der Waals surface area contributed by atoms with Crippen LogP contribution in [0.3, 0.4) is 0 Å². The zero-order valence-electron chi connectivity index (χ0n) is 25.4. The Morgan fingerprint density at radius 3 is 1.41 bits per heavy atom. The molecule has 2 heterocycles. The molecule has 0 N–H and O–H groups in total. The number of rotatable bonds is 2. The van der Waals surface area contributed by atoms with E-state index in [0.29, 0.717) is 0 Å². The van der Waals surface area contributed by atoms with E-state index in [2.05, 4.69) is 146 Å². The van der Waals surface area contributed by atoms with Gasteiger partial charge >= 0.3 is 0 Å². The summed E-state index contributed by atoms with van der Waals surface area (Å²) in [6.07, 6.45) is 6.14. The highest BCUT2D eigenvalue weighted by Gasteiger charge is 2.17. The van der Waals surface area contributed by atoms with Crippen molar-refractivity contribution in [2.75, 3.05) is 0 Å². The van der Waals surface area contributed by atoms with Gasteiger partial charge in [-0.15, -0.1) is 0 Å². The highest BCUT2D eigenvalue weighted by atomic mass is 14.7. The Bertz CT molecular complexity index is 1930. The molecule has 0 bridgehead atoms. The number of hydrogen-bond acceptors (Lipinski definition) is 2. The lowest BCUT2D eigenvalue weighted by atomic mass is 10.1. The minimum atomic E-state index is 0.958. The van der Waals surface area contributed by atoms with Crippen molar-refractivity contribution < 1.29 is 0 Å². The molecular weight excluding hydrogens is 532 g/mol. The second kappa shape index (κ2) is 12.3. The van der Waals surface area contributed by atoms with Gasteiger partial charge in [0.1, 0.15) is 0 Å². The molecule has 0 saturated carbocycles. The molecule has 0 aliphatic heterocycles. The summed E-state index contributed by atoms with van der Waals surface area (Å²) in [4.78, 5) is 9.31. The van der Waals surface area contributed by atoms with Crippen LogP contribution in [0, 0.1) is 0 Å². The van der Waals surface area contributed by atoms with Crippen LogP contribution >= 0.6 is 0 Å². The SMILES string of the molecule is CCc1cnc2c(ccc3ccc(CC)nc32)c1.c1ccc2c(c1)Cc1ccccc1-2.c1ccc2c(c1)Cc1ccccc1-2. The predicted octanol–water partition coefficient (Wildman–Crippen LogP) is 10.4. The summed E-state index contributed by atoms with van der Waals surface area (Å²) in [7, 11) is 0. The lowest BCUT2D eigenvalue weighted by molar-refractivity contribution is 1.06. The first-order valence-corrected chi connectivity index (χ1v) is 15.7. The van der Waals surface area contributed by atoms with E-state index in [-0.39, 0.29) is 0 Å². The van der Waals surface area contributed by atoms with Crippen LogP contribution in [-0.4, -0.2) is 9.97 Å². The van der Waals surface area contributed by atoms with Gasteiger partial charge in [-0.2, -0.15) is 0 Å². The fourth-order valence-electron chi connectivity index (χ4n) is 6.42. The summed E-state index contributed by atoms with van der Waals surface area (Å²) in [6.45, 7) is 4.28. The van der Waals surface area contributed by atoms with Crippen LogP contribution in [0.15, 0.2) is 134 Å². The van der Waals surface area contributed by atoms with Gasteiger partial charge in [-0.05, 0) is 87.9 Å². The van der Waals surface area contributed by atoms with Crippen LogP contribution in [0.2, 0.25) is 0 Å². The third-order valence-corrected chi connectivity index (χ3v) is 8.81. The first kappa shape index (κ1) is 27.7. The van der Waals surface area contributed by atoms with E-state index in [9.17, 15) is 0 Å². The van der Waals surface area contributed by atoms with Crippen molar-refractivity contribution in [1.82, 2.24) is 9.97 Å². The normalized spacial score (nSPS) is 11.9. The zero-order chi connectivity index (χ0) is 29.9. The number of pyridine rings is 2. The van der Waals surface area contributed by atoms with Crippen LogP contribution in [0.25, 0.3) is 44.1 Å². The Kier molecular flexibility index (Phi) is 7.73. The van der Waals surface area contributed by atoms with Crippen molar-refractivity contribution in [2.45, 2.75) is 39.5 Å². The molecule has 44 heavy (non-hydrogen) atoms. The minimum absolute atomic E-state index is 0.958. The quantitative estimate of drug-likeness (QED) is 0.194. The van der Waals surface area contributed by atoms with E-state index >= 15 is 0 Å². The lowest BCUT2D eigenvalue weighted by Crippen LogP contribution is -1.91. The molecule has 2 aliphatic carbocycles. The van der Waals surface area contributed by atoms with Gasteiger partial charge < -0.3 is 0 Å². The molecule has 2 aliphatic rings. The molecule has 0 fully saturated rings. The molecule has 2 aromatic heterocycles. The van der Waals surface area contributed by atoms with Crippen LogP contribution in [0.1, 0.15) is 47.4 Å². The number of nitrogens with zero attached hydrogens (tertiary/aromatic N) is 2. The van der Waals surface area contributed by atoms with E-state index < -0.39 is 0 Å². The third kappa shape index (κ3) is 5.40. The molecule has 9 rings (SSSR count). The van der Waals surface area contributed by atoms with E-state index in [1.807, 2.05) is 6.20 Å². The highest BCUT2D eigenvalue weighted by molar-refractivity contribution is 6.02. The molecule has 0 atom stereocenters.